The van der Waals surface area contributed by atoms with Crippen LogP contribution in [0.2, 0.25) is 0 Å². The number of pyridine rings is 1. The number of nitrogens with zero attached hydrogens (tertiary/aromatic N) is 3. The fraction of sp³-hybridized carbons (Fsp3) is 0.556. The summed E-state index contributed by atoms with van der Waals surface area (Å²) in [6.45, 7) is 1.88. The summed E-state index contributed by atoms with van der Waals surface area (Å²) in [5, 5.41) is 22.8. The molecule has 25 heavy (non-hydrogen) atoms. The van der Waals surface area contributed by atoms with E-state index in [9.17, 15) is 5.11 Å². The Kier molecular flexibility index (Phi) is 5.94. The maximum Gasteiger partial charge on any atom is 0.204 e. The van der Waals surface area contributed by atoms with Gasteiger partial charge in [-0.15, -0.1) is 0 Å². The fourth-order valence-corrected chi connectivity index (χ4v) is 3.92. The number of furan rings is 1. The highest BCUT2D eigenvalue weighted by molar-refractivity contribution is 9.10. The number of anilines is 1. The average Bonchev–Trinajstić information content (AvgIpc) is 3.22. The van der Waals surface area contributed by atoms with Crippen molar-refractivity contribution in [1.82, 2.24) is 9.88 Å². The summed E-state index contributed by atoms with van der Waals surface area (Å²) >= 11 is 3.54. The predicted octanol–water partition coefficient (Wildman–Crippen LogP) is 3.50. The standard InChI is InChI=1S/C18H23BrN4O2/c1-23(12-4-5-13(24)8-12)7-3-2-6-21-18-17(19)15-9-14(10-20)25-16(15)11-22-18/h9,11-13,24H,2-8H2,1H3,(H,21,22)/t12-,13-/m1/s1. The van der Waals surface area contributed by atoms with Crippen molar-refractivity contribution >= 4 is 32.7 Å². The number of hydrogen-bond acceptors (Lipinski definition) is 6. The van der Waals surface area contributed by atoms with Crippen molar-refractivity contribution in [2.75, 3.05) is 25.5 Å². The Morgan fingerprint density at radius 2 is 2.32 bits per heavy atom. The molecule has 0 aliphatic heterocycles. The summed E-state index contributed by atoms with van der Waals surface area (Å²) in [5.41, 5.74) is 0.606. The van der Waals surface area contributed by atoms with E-state index in [1.165, 1.54) is 0 Å². The van der Waals surface area contributed by atoms with E-state index in [1.807, 2.05) is 6.07 Å². The second-order valence-electron chi connectivity index (χ2n) is 6.66. The molecule has 6 nitrogen and oxygen atoms in total. The van der Waals surface area contributed by atoms with Crippen LogP contribution in [0.1, 0.15) is 37.9 Å². The van der Waals surface area contributed by atoms with Crippen LogP contribution in [0.4, 0.5) is 5.82 Å². The number of aliphatic hydroxyl groups excluding tert-OH is 1. The topological polar surface area (TPSA) is 85.3 Å². The summed E-state index contributed by atoms with van der Waals surface area (Å²) in [6, 6.07) is 4.25. The number of unbranched alkanes of at least 4 members (excludes halogenated alkanes) is 1. The number of aliphatic hydroxyl groups is 1. The van der Waals surface area contributed by atoms with Crippen LogP contribution in [-0.2, 0) is 0 Å². The van der Waals surface area contributed by atoms with Crippen molar-refractivity contribution in [3.05, 3.63) is 22.5 Å². The maximum atomic E-state index is 9.63. The van der Waals surface area contributed by atoms with Gasteiger partial charge in [-0.2, -0.15) is 5.26 Å². The van der Waals surface area contributed by atoms with Crippen LogP contribution in [0.3, 0.4) is 0 Å². The molecule has 1 fully saturated rings. The first-order valence-corrected chi connectivity index (χ1v) is 9.48. The summed E-state index contributed by atoms with van der Waals surface area (Å²) in [6.07, 6.45) is 6.60. The van der Waals surface area contributed by atoms with Gasteiger partial charge in [0.2, 0.25) is 5.76 Å². The second-order valence-corrected chi connectivity index (χ2v) is 7.45. The summed E-state index contributed by atoms with van der Waals surface area (Å²) < 4.78 is 6.20. The molecule has 2 N–H and O–H groups in total. The molecule has 2 heterocycles. The third kappa shape index (κ3) is 4.32. The zero-order chi connectivity index (χ0) is 17.8. The van der Waals surface area contributed by atoms with Gasteiger partial charge < -0.3 is 19.7 Å². The monoisotopic (exact) mass is 406 g/mol. The molecule has 0 bridgehead atoms. The van der Waals surface area contributed by atoms with E-state index in [4.69, 9.17) is 9.68 Å². The Morgan fingerprint density at radius 3 is 3.04 bits per heavy atom. The van der Waals surface area contributed by atoms with Gasteiger partial charge in [0.05, 0.1) is 16.8 Å². The Bertz CT molecular complexity index is 770. The number of rotatable bonds is 7. The molecule has 1 aliphatic carbocycles. The van der Waals surface area contributed by atoms with E-state index in [0.29, 0.717) is 11.6 Å². The Balaban J connectivity index is 1.45. The van der Waals surface area contributed by atoms with Crippen molar-refractivity contribution < 1.29 is 9.52 Å². The first-order valence-electron chi connectivity index (χ1n) is 8.69. The molecule has 0 amide bonds. The minimum atomic E-state index is -0.114. The van der Waals surface area contributed by atoms with Crippen LogP contribution in [0.15, 0.2) is 21.2 Å². The molecule has 1 aliphatic rings. The fourth-order valence-electron chi connectivity index (χ4n) is 3.37. The van der Waals surface area contributed by atoms with Gasteiger partial charge in [-0.25, -0.2) is 4.98 Å². The lowest BCUT2D eigenvalue weighted by Gasteiger charge is -2.23. The lowest BCUT2D eigenvalue weighted by atomic mass is 10.2. The lowest BCUT2D eigenvalue weighted by Crippen LogP contribution is -2.31. The minimum Gasteiger partial charge on any atom is -0.444 e. The van der Waals surface area contributed by atoms with E-state index in [1.54, 1.807) is 12.3 Å². The number of nitriles is 1. The van der Waals surface area contributed by atoms with E-state index >= 15 is 0 Å². The molecule has 0 radical (unpaired) electrons. The number of halogens is 1. The van der Waals surface area contributed by atoms with Gasteiger partial charge in [0.15, 0.2) is 5.58 Å². The molecule has 134 valence electrons. The van der Waals surface area contributed by atoms with Crippen LogP contribution in [0.25, 0.3) is 11.0 Å². The largest absolute Gasteiger partial charge is 0.444 e. The predicted molar refractivity (Wildman–Crippen MR) is 100 cm³/mol. The number of aromatic nitrogens is 1. The summed E-state index contributed by atoms with van der Waals surface area (Å²) in [5.74, 6) is 1.06. The van der Waals surface area contributed by atoms with Gasteiger partial charge in [-0.3, -0.25) is 0 Å². The highest BCUT2D eigenvalue weighted by Gasteiger charge is 2.25. The van der Waals surface area contributed by atoms with Crippen LogP contribution < -0.4 is 5.32 Å². The zero-order valence-electron chi connectivity index (χ0n) is 14.3. The molecule has 0 saturated heterocycles. The van der Waals surface area contributed by atoms with Gasteiger partial charge in [0.25, 0.3) is 0 Å². The van der Waals surface area contributed by atoms with E-state index in [2.05, 4.69) is 38.2 Å². The second kappa shape index (κ2) is 8.17. The molecule has 3 rings (SSSR count). The quantitative estimate of drug-likeness (QED) is 0.684. The third-order valence-electron chi connectivity index (χ3n) is 4.86. The Labute approximate surface area is 155 Å². The number of fused-ring (bicyclic) bond motifs is 1. The van der Waals surface area contributed by atoms with Crippen LogP contribution in [0, 0.1) is 11.3 Å². The van der Waals surface area contributed by atoms with Crippen LogP contribution >= 0.6 is 15.9 Å². The zero-order valence-corrected chi connectivity index (χ0v) is 15.9. The molecule has 0 aromatic carbocycles. The Hall–Kier alpha value is -1.62. The van der Waals surface area contributed by atoms with Crippen molar-refractivity contribution in [1.29, 1.82) is 5.26 Å². The van der Waals surface area contributed by atoms with Crippen LogP contribution in [-0.4, -0.2) is 47.3 Å². The minimum absolute atomic E-state index is 0.114. The van der Waals surface area contributed by atoms with E-state index < -0.39 is 0 Å². The van der Waals surface area contributed by atoms with Gasteiger partial charge in [-0.1, -0.05) is 0 Å². The molecular weight excluding hydrogens is 384 g/mol. The number of hydrogen-bond donors (Lipinski definition) is 2. The Morgan fingerprint density at radius 1 is 1.48 bits per heavy atom. The highest BCUT2D eigenvalue weighted by Crippen LogP contribution is 2.31. The average molecular weight is 407 g/mol. The molecule has 7 heteroatoms. The molecule has 1 saturated carbocycles. The third-order valence-corrected chi connectivity index (χ3v) is 5.66. The molecule has 2 aromatic rings. The van der Waals surface area contributed by atoms with Gasteiger partial charge >= 0.3 is 0 Å². The summed E-state index contributed by atoms with van der Waals surface area (Å²) in [7, 11) is 2.15. The normalized spacial score (nSPS) is 20.3. The smallest absolute Gasteiger partial charge is 0.204 e. The highest BCUT2D eigenvalue weighted by atomic mass is 79.9. The molecular formula is C18H23BrN4O2. The molecule has 2 atom stereocenters. The molecule has 0 spiro atoms. The van der Waals surface area contributed by atoms with Gasteiger partial charge in [0, 0.05) is 24.0 Å². The van der Waals surface area contributed by atoms with Crippen molar-refractivity contribution in [2.24, 2.45) is 0 Å². The molecule has 2 aromatic heterocycles. The molecule has 0 unspecified atom stereocenters. The van der Waals surface area contributed by atoms with Gasteiger partial charge in [0.1, 0.15) is 11.9 Å². The van der Waals surface area contributed by atoms with Crippen molar-refractivity contribution in [3.63, 3.8) is 0 Å². The lowest BCUT2D eigenvalue weighted by molar-refractivity contribution is 0.162. The van der Waals surface area contributed by atoms with E-state index in [-0.39, 0.29) is 11.9 Å². The van der Waals surface area contributed by atoms with Crippen LogP contribution in [0.5, 0.6) is 0 Å². The SMILES string of the molecule is CN(CCCCNc1ncc2oc(C#N)cc2c1Br)[C@@H]1CC[C@@H](O)C1. The van der Waals surface area contributed by atoms with Crippen molar-refractivity contribution in [3.8, 4) is 6.07 Å². The van der Waals surface area contributed by atoms with Gasteiger partial charge in [-0.05, 0) is 61.6 Å². The van der Waals surface area contributed by atoms with E-state index in [0.717, 1.165) is 60.9 Å². The summed E-state index contributed by atoms with van der Waals surface area (Å²) in [4.78, 5) is 6.73. The number of nitrogens with one attached hydrogen (secondary N) is 1. The first kappa shape index (κ1) is 18.2. The first-order chi connectivity index (χ1) is 12.1. The van der Waals surface area contributed by atoms with Crippen molar-refractivity contribution in [2.45, 2.75) is 44.2 Å². The maximum absolute atomic E-state index is 9.63.